The van der Waals surface area contributed by atoms with Crippen LogP contribution in [-0.4, -0.2) is 18.9 Å². The van der Waals surface area contributed by atoms with E-state index in [0.717, 1.165) is 42.4 Å². The highest BCUT2D eigenvalue weighted by Gasteiger charge is 2.56. The van der Waals surface area contributed by atoms with E-state index < -0.39 is 0 Å². The molecule has 1 aromatic carbocycles. The molecule has 2 aliphatic rings. The Labute approximate surface area is 127 Å². The van der Waals surface area contributed by atoms with Crippen molar-refractivity contribution in [3.8, 4) is 0 Å². The van der Waals surface area contributed by atoms with Gasteiger partial charge >= 0.3 is 0 Å². The van der Waals surface area contributed by atoms with Crippen molar-refractivity contribution in [1.82, 2.24) is 5.32 Å². The zero-order chi connectivity index (χ0) is 13.5. The molecule has 0 aromatic heterocycles. The standard InChI is InChI=1S/C15H17BrClNO/c16-11-2-1-10(13(17)8-11)7-14(19)12-9-15(12)3-5-18-6-4-15/h1-2,8,12,18H,3-7,9H2. The summed E-state index contributed by atoms with van der Waals surface area (Å²) in [5, 5.41) is 4.05. The highest BCUT2D eigenvalue weighted by Crippen LogP contribution is 2.59. The largest absolute Gasteiger partial charge is 0.317 e. The van der Waals surface area contributed by atoms with E-state index >= 15 is 0 Å². The van der Waals surface area contributed by atoms with Crippen molar-refractivity contribution in [2.75, 3.05) is 13.1 Å². The first-order valence-corrected chi connectivity index (χ1v) is 7.95. The number of carbonyl (C=O) groups excluding carboxylic acids is 1. The summed E-state index contributed by atoms with van der Waals surface area (Å²) in [6.45, 7) is 2.12. The van der Waals surface area contributed by atoms with E-state index in [0.29, 0.717) is 22.6 Å². The second kappa shape index (κ2) is 5.19. The van der Waals surface area contributed by atoms with E-state index in [2.05, 4.69) is 21.2 Å². The summed E-state index contributed by atoms with van der Waals surface area (Å²) in [4.78, 5) is 12.4. The molecule has 0 bridgehead atoms. The van der Waals surface area contributed by atoms with Crippen LogP contribution in [0.1, 0.15) is 24.8 Å². The molecule has 102 valence electrons. The molecule has 1 aromatic rings. The molecule has 1 heterocycles. The maximum atomic E-state index is 12.4. The monoisotopic (exact) mass is 341 g/mol. The summed E-state index contributed by atoms with van der Waals surface area (Å²) in [5.41, 5.74) is 1.27. The third-order valence-corrected chi connectivity index (χ3v) is 5.40. The molecule has 1 spiro atoms. The fraction of sp³-hybridized carbons (Fsp3) is 0.533. The summed E-state index contributed by atoms with van der Waals surface area (Å²) in [6, 6.07) is 5.75. The van der Waals surface area contributed by atoms with Gasteiger partial charge in [-0.3, -0.25) is 4.79 Å². The highest BCUT2D eigenvalue weighted by molar-refractivity contribution is 9.10. The molecule has 1 unspecified atom stereocenters. The second-order valence-corrected chi connectivity index (χ2v) is 7.07. The van der Waals surface area contributed by atoms with Crippen molar-refractivity contribution in [1.29, 1.82) is 0 Å². The lowest BCUT2D eigenvalue weighted by Crippen LogP contribution is -2.31. The van der Waals surface area contributed by atoms with Gasteiger partial charge in [0.05, 0.1) is 0 Å². The number of ketones is 1. The van der Waals surface area contributed by atoms with Crippen molar-refractivity contribution in [3.63, 3.8) is 0 Å². The lowest BCUT2D eigenvalue weighted by molar-refractivity contribution is -0.120. The van der Waals surface area contributed by atoms with Gasteiger partial charge in [-0.1, -0.05) is 33.6 Å². The van der Waals surface area contributed by atoms with Crippen LogP contribution in [0.5, 0.6) is 0 Å². The lowest BCUT2D eigenvalue weighted by Gasteiger charge is -2.23. The molecule has 1 aliphatic heterocycles. The van der Waals surface area contributed by atoms with Crippen LogP contribution < -0.4 is 5.32 Å². The topological polar surface area (TPSA) is 29.1 Å². The summed E-state index contributed by atoms with van der Waals surface area (Å²) in [7, 11) is 0. The van der Waals surface area contributed by atoms with Crippen LogP contribution in [0, 0.1) is 11.3 Å². The highest BCUT2D eigenvalue weighted by atomic mass is 79.9. The quantitative estimate of drug-likeness (QED) is 0.909. The van der Waals surface area contributed by atoms with Crippen LogP contribution in [0.4, 0.5) is 0 Å². The number of carbonyl (C=O) groups is 1. The van der Waals surface area contributed by atoms with Crippen molar-refractivity contribution >= 4 is 33.3 Å². The first-order chi connectivity index (χ1) is 9.11. The fourth-order valence-corrected chi connectivity index (χ4v) is 4.00. The average molecular weight is 343 g/mol. The predicted octanol–water partition coefficient (Wildman–Crippen LogP) is 3.60. The molecular formula is C15H17BrClNO. The van der Waals surface area contributed by atoms with Crippen molar-refractivity contribution in [2.24, 2.45) is 11.3 Å². The van der Waals surface area contributed by atoms with Gasteiger partial charge in [0, 0.05) is 21.8 Å². The van der Waals surface area contributed by atoms with Gasteiger partial charge in [-0.25, -0.2) is 0 Å². The SMILES string of the molecule is O=C(Cc1ccc(Br)cc1Cl)C1CC12CCNCC2. The Bertz CT molecular complexity index is 511. The molecule has 1 atom stereocenters. The minimum Gasteiger partial charge on any atom is -0.317 e. The van der Waals surface area contributed by atoms with Crippen LogP contribution in [-0.2, 0) is 11.2 Å². The molecule has 2 nitrogen and oxygen atoms in total. The van der Waals surface area contributed by atoms with Crippen LogP contribution in [0.15, 0.2) is 22.7 Å². The van der Waals surface area contributed by atoms with Gasteiger partial charge < -0.3 is 5.32 Å². The van der Waals surface area contributed by atoms with E-state index in [1.807, 2.05) is 18.2 Å². The van der Waals surface area contributed by atoms with Gasteiger partial charge in [0.1, 0.15) is 5.78 Å². The Morgan fingerprint density at radius 3 is 2.84 bits per heavy atom. The molecule has 2 fully saturated rings. The molecule has 0 radical (unpaired) electrons. The van der Waals surface area contributed by atoms with E-state index in [1.54, 1.807) is 0 Å². The Balaban J connectivity index is 1.66. The molecule has 1 saturated heterocycles. The van der Waals surface area contributed by atoms with Gasteiger partial charge in [0.15, 0.2) is 0 Å². The van der Waals surface area contributed by atoms with E-state index in [4.69, 9.17) is 11.6 Å². The number of hydrogen-bond acceptors (Lipinski definition) is 2. The first-order valence-electron chi connectivity index (χ1n) is 6.78. The number of benzene rings is 1. The minimum absolute atomic E-state index is 0.273. The van der Waals surface area contributed by atoms with Crippen molar-refractivity contribution in [3.05, 3.63) is 33.3 Å². The van der Waals surface area contributed by atoms with Gasteiger partial charge in [-0.15, -0.1) is 0 Å². The predicted molar refractivity (Wildman–Crippen MR) is 80.5 cm³/mol. The molecule has 1 aliphatic carbocycles. The normalized spacial score (nSPS) is 24.4. The molecule has 1 saturated carbocycles. The number of piperidine rings is 1. The Kier molecular flexibility index (Phi) is 3.71. The Hall–Kier alpha value is -0.380. The minimum atomic E-state index is 0.273. The maximum absolute atomic E-state index is 12.4. The van der Waals surface area contributed by atoms with Crippen molar-refractivity contribution < 1.29 is 4.79 Å². The van der Waals surface area contributed by atoms with Gasteiger partial charge in [0.2, 0.25) is 0 Å². The van der Waals surface area contributed by atoms with Crippen LogP contribution in [0.25, 0.3) is 0 Å². The second-order valence-electron chi connectivity index (χ2n) is 5.75. The summed E-state index contributed by atoms with van der Waals surface area (Å²) >= 11 is 9.57. The number of Topliss-reactive ketones (excluding diaryl/α,β-unsaturated/α-hetero) is 1. The zero-order valence-corrected chi connectivity index (χ0v) is 13.1. The molecule has 4 heteroatoms. The summed E-state index contributed by atoms with van der Waals surface area (Å²) in [6.07, 6.45) is 3.86. The third-order valence-electron chi connectivity index (χ3n) is 4.56. The molecule has 1 N–H and O–H groups in total. The molecule has 19 heavy (non-hydrogen) atoms. The summed E-state index contributed by atoms with van der Waals surface area (Å²) < 4.78 is 0.954. The first kappa shape index (κ1) is 13.6. The lowest BCUT2D eigenvalue weighted by atomic mass is 9.89. The number of halogens is 2. The van der Waals surface area contributed by atoms with Gasteiger partial charge in [-0.05, 0) is 55.5 Å². The zero-order valence-electron chi connectivity index (χ0n) is 10.7. The van der Waals surface area contributed by atoms with E-state index in [-0.39, 0.29) is 5.92 Å². The Morgan fingerprint density at radius 2 is 2.16 bits per heavy atom. The van der Waals surface area contributed by atoms with Gasteiger partial charge in [-0.2, -0.15) is 0 Å². The smallest absolute Gasteiger partial charge is 0.140 e. The number of nitrogens with one attached hydrogen (secondary N) is 1. The Morgan fingerprint density at radius 1 is 1.42 bits per heavy atom. The average Bonchev–Trinajstić information content (AvgIpc) is 3.07. The molecule has 0 amide bonds. The van der Waals surface area contributed by atoms with Crippen LogP contribution in [0.2, 0.25) is 5.02 Å². The van der Waals surface area contributed by atoms with E-state index in [1.165, 1.54) is 0 Å². The van der Waals surface area contributed by atoms with Crippen LogP contribution in [0.3, 0.4) is 0 Å². The number of hydrogen-bond donors (Lipinski definition) is 1. The summed E-state index contributed by atoms with van der Waals surface area (Å²) in [5.74, 6) is 0.639. The van der Waals surface area contributed by atoms with E-state index in [9.17, 15) is 4.79 Å². The maximum Gasteiger partial charge on any atom is 0.140 e. The van der Waals surface area contributed by atoms with Gasteiger partial charge in [0.25, 0.3) is 0 Å². The molecule has 3 rings (SSSR count). The number of rotatable bonds is 3. The molecular weight excluding hydrogens is 326 g/mol. The van der Waals surface area contributed by atoms with Crippen molar-refractivity contribution in [2.45, 2.75) is 25.7 Å². The van der Waals surface area contributed by atoms with Crippen LogP contribution >= 0.6 is 27.5 Å². The third kappa shape index (κ3) is 2.74. The fourth-order valence-electron chi connectivity index (χ4n) is 3.26.